The summed E-state index contributed by atoms with van der Waals surface area (Å²) in [5.74, 6) is 0. The Morgan fingerprint density at radius 3 is 1.33 bits per heavy atom. The van der Waals surface area contributed by atoms with Gasteiger partial charge in [-0.15, -0.1) is 6.58 Å². The number of hydrogen-bond acceptors (Lipinski definition) is 1. The molecule has 0 aliphatic carbocycles. The molecule has 1 heteroatoms. The third-order valence-corrected chi connectivity index (χ3v) is 5.61. The second-order valence-corrected chi connectivity index (χ2v) is 7.52. The van der Waals surface area contributed by atoms with Crippen molar-refractivity contribution in [2.75, 3.05) is 0 Å². The van der Waals surface area contributed by atoms with Crippen molar-refractivity contribution in [2.24, 2.45) is 0 Å². The SMILES string of the molecule is C=CC(Cc1ccccc1)NC(c1ccccc1)(c1ccccc1)c1ccccc1. The van der Waals surface area contributed by atoms with E-state index in [1.807, 2.05) is 6.08 Å². The van der Waals surface area contributed by atoms with E-state index in [-0.39, 0.29) is 6.04 Å². The third-order valence-electron chi connectivity index (χ3n) is 5.61. The van der Waals surface area contributed by atoms with Crippen molar-refractivity contribution in [3.05, 3.63) is 156 Å². The molecule has 0 aromatic heterocycles. The molecule has 1 N–H and O–H groups in total. The molecule has 4 aromatic carbocycles. The zero-order chi connectivity index (χ0) is 20.7. The lowest BCUT2D eigenvalue weighted by Gasteiger charge is -2.39. The Bertz CT molecular complexity index is 944. The average molecular weight is 390 g/mol. The van der Waals surface area contributed by atoms with Gasteiger partial charge in [-0.1, -0.05) is 127 Å². The molecule has 1 atom stereocenters. The first kappa shape index (κ1) is 19.9. The second kappa shape index (κ2) is 9.39. The molecule has 4 rings (SSSR count). The Morgan fingerprint density at radius 2 is 0.967 bits per heavy atom. The first-order valence-electron chi connectivity index (χ1n) is 10.4. The molecule has 0 heterocycles. The van der Waals surface area contributed by atoms with Gasteiger partial charge in [0.1, 0.15) is 0 Å². The molecule has 0 aliphatic heterocycles. The minimum atomic E-state index is -0.489. The predicted octanol–water partition coefficient (Wildman–Crippen LogP) is 6.37. The van der Waals surface area contributed by atoms with Crippen molar-refractivity contribution in [1.82, 2.24) is 5.32 Å². The van der Waals surface area contributed by atoms with Gasteiger partial charge in [-0.05, 0) is 28.7 Å². The van der Waals surface area contributed by atoms with Crippen molar-refractivity contribution in [3.63, 3.8) is 0 Å². The summed E-state index contributed by atoms with van der Waals surface area (Å²) in [7, 11) is 0. The minimum Gasteiger partial charge on any atom is -0.293 e. The van der Waals surface area contributed by atoms with E-state index < -0.39 is 5.54 Å². The molecule has 0 bridgehead atoms. The highest BCUT2D eigenvalue weighted by molar-refractivity contribution is 5.49. The molecule has 148 valence electrons. The van der Waals surface area contributed by atoms with Crippen LogP contribution in [0.4, 0.5) is 0 Å². The summed E-state index contributed by atoms with van der Waals surface area (Å²) in [5.41, 5.74) is 4.43. The highest BCUT2D eigenvalue weighted by atomic mass is 15.0. The summed E-state index contributed by atoms with van der Waals surface area (Å²) >= 11 is 0. The van der Waals surface area contributed by atoms with Crippen LogP contribution in [0.5, 0.6) is 0 Å². The van der Waals surface area contributed by atoms with E-state index in [2.05, 4.69) is 133 Å². The number of hydrogen-bond donors (Lipinski definition) is 1. The van der Waals surface area contributed by atoms with E-state index in [1.165, 1.54) is 22.3 Å². The van der Waals surface area contributed by atoms with Crippen LogP contribution in [-0.2, 0) is 12.0 Å². The van der Waals surface area contributed by atoms with Gasteiger partial charge in [-0.2, -0.15) is 0 Å². The molecule has 0 fully saturated rings. The molecule has 0 radical (unpaired) electrons. The molecule has 0 amide bonds. The van der Waals surface area contributed by atoms with Gasteiger partial charge in [-0.25, -0.2) is 0 Å². The van der Waals surface area contributed by atoms with Gasteiger partial charge in [0.25, 0.3) is 0 Å². The summed E-state index contributed by atoms with van der Waals surface area (Å²) in [6.07, 6.45) is 2.90. The maximum absolute atomic E-state index is 4.16. The van der Waals surface area contributed by atoms with Gasteiger partial charge in [0.15, 0.2) is 0 Å². The summed E-state index contributed by atoms with van der Waals surface area (Å²) in [4.78, 5) is 0. The minimum absolute atomic E-state index is 0.0908. The monoisotopic (exact) mass is 389 g/mol. The molecule has 4 aromatic rings. The first-order valence-corrected chi connectivity index (χ1v) is 10.4. The average Bonchev–Trinajstić information content (AvgIpc) is 2.84. The van der Waals surface area contributed by atoms with Gasteiger partial charge in [0.2, 0.25) is 0 Å². The van der Waals surface area contributed by atoms with Crippen molar-refractivity contribution in [1.29, 1.82) is 0 Å². The molecule has 1 nitrogen and oxygen atoms in total. The van der Waals surface area contributed by atoms with Crippen LogP contribution in [0.15, 0.2) is 134 Å². The van der Waals surface area contributed by atoms with Crippen LogP contribution in [0.3, 0.4) is 0 Å². The van der Waals surface area contributed by atoms with E-state index >= 15 is 0 Å². The van der Waals surface area contributed by atoms with E-state index in [1.54, 1.807) is 0 Å². The smallest absolute Gasteiger partial charge is 0.0952 e. The molecule has 0 saturated heterocycles. The molecule has 0 spiro atoms. The summed E-state index contributed by atoms with van der Waals surface area (Å²) < 4.78 is 0. The van der Waals surface area contributed by atoms with E-state index in [9.17, 15) is 0 Å². The number of benzene rings is 4. The van der Waals surface area contributed by atoms with Crippen LogP contribution in [0.2, 0.25) is 0 Å². The van der Waals surface area contributed by atoms with Gasteiger partial charge in [-0.3, -0.25) is 5.32 Å². The maximum atomic E-state index is 4.16. The molecular weight excluding hydrogens is 362 g/mol. The van der Waals surface area contributed by atoms with Crippen LogP contribution in [-0.4, -0.2) is 6.04 Å². The molecular formula is C29H27N. The zero-order valence-corrected chi connectivity index (χ0v) is 17.1. The molecule has 1 unspecified atom stereocenters. The Balaban J connectivity index is 1.87. The standard InChI is InChI=1S/C29H27N/c1-2-28(23-24-15-7-3-8-16-24)30-29(25-17-9-4-10-18-25,26-19-11-5-12-20-26)27-21-13-6-14-22-27/h2-22,28,30H,1,23H2. The van der Waals surface area contributed by atoms with Crippen LogP contribution in [0.1, 0.15) is 22.3 Å². The van der Waals surface area contributed by atoms with E-state index in [0.717, 1.165) is 6.42 Å². The number of nitrogens with one attached hydrogen (secondary N) is 1. The quantitative estimate of drug-likeness (QED) is 0.273. The lowest BCUT2D eigenvalue weighted by Crippen LogP contribution is -2.49. The van der Waals surface area contributed by atoms with Crippen LogP contribution < -0.4 is 5.32 Å². The lowest BCUT2D eigenvalue weighted by molar-refractivity contribution is 0.428. The van der Waals surface area contributed by atoms with Gasteiger partial charge in [0.05, 0.1) is 5.54 Å². The van der Waals surface area contributed by atoms with Crippen molar-refractivity contribution >= 4 is 0 Å². The highest BCUT2D eigenvalue weighted by Crippen LogP contribution is 2.37. The van der Waals surface area contributed by atoms with Crippen molar-refractivity contribution in [2.45, 2.75) is 18.0 Å². The summed E-state index contributed by atoms with van der Waals surface area (Å²) in [5, 5.41) is 4.00. The van der Waals surface area contributed by atoms with Crippen LogP contribution in [0.25, 0.3) is 0 Å². The fraction of sp³-hybridized carbons (Fsp3) is 0.103. The first-order chi connectivity index (χ1) is 14.8. The summed E-state index contributed by atoms with van der Waals surface area (Å²) in [6.45, 7) is 4.16. The van der Waals surface area contributed by atoms with Crippen LogP contribution in [0, 0.1) is 0 Å². The topological polar surface area (TPSA) is 12.0 Å². The normalized spacial score (nSPS) is 12.3. The van der Waals surface area contributed by atoms with Gasteiger partial charge in [0, 0.05) is 6.04 Å². The Hall–Kier alpha value is -3.42. The Labute approximate surface area is 179 Å². The van der Waals surface area contributed by atoms with Crippen LogP contribution >= 0.6 is 0 Å². The molecule has 0 saturated carbocycles. The van der Waals surface area contributed by atoms with Crippen molar-refractivity contribution < 1.29 is 0 Å². The van der Waals surface area contributed by atoms with Gasteiger partial charge < -0.3 is 0 Å². The predicted molar refractivity (Wildman–Crippen MR) is 126 cm³/mol. The lowest BCUT2D eigenvalue weighted by atomic mass is 9.76. The van der Waals surface area contributed by atoms with Crippen molar-refractivity contribution in [3.8, 4) is 0 Å². The fourth-order valence-electron chi connectivity index (χ4n) is 4.15. The fourth-order valence-corrected chi connectivity index (χ4v) is 4.15. The van der Waals surface area contributed by atoms with E-state index in [0.29, 0.717) is 0 Å². The van der Waals surface area contributed by atoms with E-state index in [4.69, 9.17) is 0 Å². The largest absolute Gasteiger partial charge is 0.293 e. The maximum Gasteiger partial charge on any atom is 0.0952 e. The Morgan fingerprint density at radius 1 is 0.600 bits per heavy atom. The zero-order valence-electron chi connectivity index (χ0n) is 17.1. The summed E-state index contributed by atoms with van der Waals surface area (Å²) in [6, 6.07) is 42.8. The molecule has 0 aliphatic rings. The highest BCUT2D eigenvalue weighted by Gasteiger charge is 2.37. The van der Waals surface area contributed by atoms with Gasteiger partial charge >= 0.3 is 0 Å². The Kier molecular flexibility index (Phi) is 6.22. The second-order valence-electron chi connectivity index (χ2n) is 7.52. The number of rotatable bonds is 8. The third kappa shape index (κ3) is 4.12. The molecule has 30 heavy (non-hydrogen) atoms.